The van der Waals surface area contributed by atoms with Crippen molar-refractivity contribution in [2.75, 3.05) is 25.5 Å². The van der Waals surface area contributed by atoms with Crippen LogP contribution in [0.25, 0.3) is 11.4 Å². The molecule has 1 N–H and O–H groups in total. The second-order valence-electron chi connectivity index (χ2n) is 8.00. The summed E-state index contributed by atoms with van der Waals surface area (Å²) in [5, 5.41) is 6.62. The van der Waals surface area contributed by atoms with Crippen LogP contribution < -0.4 is 10.1 Å². The molecule has 1 fully saturated rings. The molecule has 1 aliphatic heterocycles. The summed E-state index contributed by atoms with van der Waals surface area (Å²) >= 11 is 6.01. The molecule has 4 rings (SSSR count). The van der Waals surface area contributed by atoms with Gasteiger partial charge in [-0.2, -0.15) is 18.2 Å². The number of rotatable bonds is 6. The zero-order chi connectivity index (χ0) is 24.3. The molecule has 1 aliphatic rings. The Kier molecular flexibility index (Phi) is 7.08. The molecule has 7 nitrogen and oxygen atoms in total. The van der Waals surface area contributed by atoms with Crippen LogP contribution in [0, 0.1) is 5.92 Å². The molecule has 2 heterocycles. The molecule has 0 aliphatic carbocycles. The molecular formula is C23H22ClF3N4O3. The number of anilines is 1. The van der Waals surface area contributed by atoms with Gasteiger partial charge in [-0.25, -0.2) is 0 Å². The fourth-order valence-corrected chi connectivity index (χ4v) is 3.98. The van der Waals surface area contributed by atoms with Crippen LogP contribution >= 0.6 is 11.6 Å². The summed E-state index contributed by atoms with van der Waals surface area (Å²) < 4.78 is 49.5. The number of nitrogens with zero attached hydrogens (tertiary/aromatic N) is 3. The van der Waals surface area contributed by atoms with Gasteiger partial charge in [-0.3, -0.25) is 9.69 Å². The summed E-state index contributed by atoms with van der Waals surface area (Å²) in [5.74, 6) is 0.784. The van der Waals surface area contributed by atoms with Crippen LogP contribution in [0.2, 0.25) is 5.02 Å². The van der Waals surface area contributed by atoms with Crippen molar-refractivity contribution < 1.29 is 27.2 Å². The maximum absolute atomic E-state index is 13.0. The zero-order valence-corrected chi connectivity index (χ0v) is 19.0. The average Bonchev–Trinajstić information content (AvgIpc) is 3.28. The summed E-state index contributed by atoms with van der Waals surface area (Å²) in [6.45, 7) is 1.49. The van der Waals surface area contributed by atoms with Gasteiger partial charge in [-0.15, -0.1) is 0 Å². The lowest BCUT2D eigenvalue weighted by atomic mass is 9.97. The molecule has 0 spiro atoms. The van der Waals surface area contributed by atoms with Gasteiger partial charge in [-0.1, -0.05) is 16.8 Å². The number of hydrogen-bond donors (Lipinski definition) is 1. The fraction of sp³-hybridized carbons (Fsp3) is 0.348. The van der Waals surface area contributed by atoms with Crippen molar-refractivity contribution in [3.8, 4) is 17.1 Å². The molecule has 0 radical (unpaired) electrons. The predicted octanol–water partition coefficient (Wildman–Crippen LogP) is 5.27. The molecule has 3 aromatic rings. The highest BCUT2D eigenvalue weighted by Crippen LogP contribution is 2.34. The highest BCUT2D eigenvalue weighted by molar-refractivity contribution is 6.33. The van der Waals surface area contributed by atoms with Crippen molar-refractivity contribution in [1.82, 2.24) is 15.0 Å². The summed E-state index contributed by atoms with van der Waals surface area (Å²) in [5.41, 5.74) is -0.147. The number of halogens is 4. The summed E-state index contributed by atoms with van der Waals surface area (Å²) in [4.78, 5) is 19.2. The van der Waals surface area contributed by atoms with Gasteiger partial charge in [-0.05, 0) is 61.9 Å². The van der Waals surface area contributed by atoms with Crippen molar-refractivity contribution in [3.63, 3.8) is 0 Å². The standard InChI is InChI=1S/C23H22ClF3N4O3/c1-33-17-7-4-14(5-8-17)21-29-20(34-30-21)13-31-10-2-3-15(12-31)22(32)28-19-11-16(23(25,26)27)6-9-18(19)24/h4-9,11,15H,2-3,10,12-13H2,1H3,(H,28,32). The lowest BCUT2D eigenvalue weighted by molar-refractivity contribution is -0.137. The summed E-state index contributed by atoms with van der Waals surface area (Å²) in [6, 6.07) is 10.1. The number of alkyl halides is 3. The van der Waals surface area contributed by atoms with Gasteiger partial charge in [0.2, 0.25) is 17.6 Å². The number of hydrogen-bond acceptors (Lipinski definition) is 6. The van der Waals surface area contributed by atoms with Gasteiger partial charge in [0.1, 0.15) is 5.75 Å². The highest BCUT2D eigenvalue weighted by Gasteiger charge is 2.32. The van der Waals surface area contributed by atoms with Crippen molar-refractivity contribution >= 4 is 23.2 Å². The first-order valence-electron chi connectivity index (χ1n) is 10.6. The quantitative estimate of drug-likeness (QED) is 0.503. The van der Waals surface area contributed by atoms with Crippen LogP contribution in [0.1, 0.15) is 24.3 Å². The third-order valence-corrected chi connectivity index (χ3v) is 5.93. The van der Waals surface area contributed by atoms with E-state index in [9.17, 15) is 18.0 Å². The molecule has 1 aromatic heterocycles. The number of ether oxygens (including phenoxy) is 1. The number of amides is 1. The van der Waals surface area contributed by atoms with Crippen LogP contribution in [-0.4, -0.2) is 41.1 Å². The maximum Gasteiger partial charge on any atom is 0.416 e. The molecule has 1 amide bonds. The van der Waals surface area contributed by atoms with E-state index in [-0.39, 0.29) is 16.6 Å². The number of carbonyl (C=O) groups is 1. The predicted molar refractivity (Wildman–Crippen MR) is 119 cm³/mol. The molecule has 1 atom stereocenters. The van der Waals surface area contributed by atoms with E-state index >= 15 is 0 Å². The molecule has 0 saturated carbocycles. The third kappa shape index (κ3) is 5.68. The molecule has 1 unspecified atom stereocenters. The monoisotopic (exact) mass is 494 g/mol. The van der Waals surface area contributed by atoms with E-state index in [1.165, 1.54) is 0 Å². The first-order valence-corrected chi connectivity index (χ1v) is 11.0. The Morgan fingerprint density at radius 2 is 2.03 bits per heavy atom. The number of nitrogens with one attached hydrogen (secondary N) is 1. The summed E-state index contributed by atoms with van der Waals surface area (Å²) in [7, 11) is 1.59. The van der Waals surface area contributed by atoms with E-state index in [0.29, 0.717) is 31.2 Å². The second-order valence-corrected chi connectivity index (χ2v) is 8.40. The van der Waals surface area contributed by atoms with Crippen LogP contribution in [0.15, 0.2) is 47.0 Å². The number of aromatic nitrogens is 2. The lowest BCUT2D eigenvalue weighted by Crippen LogP contribution is -2.40. The van der Waals surface area contributed by atoms with Crippen molar-refractivity contribution in [2.45, 2.75) is 25.6 Å². The number of carbonyl (C=O) groups excluding carboxylic acids is 1. The van der Waals surface area contributed by atoms with Crippen LogP contribution in [-0.2, 0) is 17.5 Å². The summed E-state index contributed by atoms with van der Waals surface area (Å²) in [6.07, 6.45) is -3.17. The molecule has 2 aromatic carbocycles. The van der Waals surface area contributed by atoms with E-state index in [0.717, 1.165) is 42.5 Å². The van der Waals surface area contributed by atoms with Gasteiger partial charge in [0.15, 0.2) is 0 Å². The molecule has 34 heavy (non-hydrogen) atoms. The molecule has 11 heteroatoms. The fourth-order valence-electron chi connectivity index (χ4n) is 3.81. The van der Waals surface area contributed by atoms with Crippen molar-refractivity contribution in [2.24, 2.45) is 5.92 Å². The van der Waals surface area contributed by atoms with Gasteiger partial charge < -0.3 is 14.6 Å². The smallest absolute Gasteiger partial charge is 0.416 e. The Balaban J connectivity index is 1.38. The SMILES string of the molecule is COc1ccc(-c2noc(CN3CCCC(C(=O)Nc4cc(C(F)(F)F)ccc4Cl)C3)n2)cc1. The normalized spacial score (nSPS) is 16.9. The largest absolute Gasteiger partial charge is 0.497 e. The first-order chi connectivity index (χ1) is 16.2. The molecular weight excluding hydrogens is 473 g/mol. The minimum atomic E-state index is -4.53. The van der Waals surface area contributed by atoms with Crippen LogP contribution in [0.4, 0.5) is 18.9 Å². The Morgan fingerprint density at radius 3 is 2.74 bits per heavy atom. The Morgan fingerprint density at radius 1 is 1.26 bits per heavy atom. The molecule has 1 saturated heterocycles. The minimum absolute atomic E-state index is 0.0472. The van der Waals surface area contributed by atoms with Crippen molar-refractivity contribution in [1.29, 1.82) is 0 Å². The number of methoxy groups -OCH3 is 1. The Labute approximate surface area is 198 Å². The number of likely N-dealkylation sites (tertiary alicyclic amines) is 1. The van der Waals surface area contributed by atoms with Crippen LogP contribution in [0.5, 0.6) is 5.75 Å². The van der Waals surface area contributed by atoms with Gasteiger partial charge in [0.25, 0.3) is 0 Å². The number of piperidine rings is 1. The van der Waals surface area contributed by atoms with E-state index < -0.39 is 17.7 Å². The Hall–Kier alpha value is -3.11. The van der Waals surface area contributed by atoms with Gasteiger partial charge in [0.05, 0.1) is 35.8 Å². The van der Waals surface area contributed by atoms with E-state index in [2.05, 4.69) is 15.5 Å². The van der Waals surface area contributed by atoms with E-state index in [1.807, 2.05) is 17.0 Å². The van der Waals surface area contributed by atoms with Crippen LogP contribution in [0.3, 0.4) is 0 Å². The minimum Gasteiger partial charge on any atom is -0.497 e. The van der Waals surface area contributed by atoms with Crippen molar-refractivity contribution in [3.05, 3.63) is 58.9 Å². The first kappa shape index (κ1) is 24.0. The number of benzene rings is 2. The topological polar surface area (TPSA) is 80.5 Å². The maximum atomic E-state index is 13.0. The van der Waals surface area contributed by atoms with E-state index in [1.54, 1.807) is 19.2 Å². The molecule has 0 bridgehead atoms. The van der Waals surface area contributed by atoms with Gasteiger partial charge >= 0.3 is 6.18 Å². The molecule has 180 valence electrons. The average molecular weight is 495 g/mol. The highest BCUT2D eigenvalue weighted by atomic mass is 35.5. The third-order valence-electron chi connectivity index (χ3n) is 5.60. The zero-order valence-electron chi connectivity index (χ0n) is 18.2. The van der Waals surface area contributed by atoms with Gasteiger partial charge in [0, 0.05) is 12.1 Å². The van der Waals surface area contributed by atoms with E-state index in [4.69, 9.17) is 20.9 Å². The lowest BCUT2D eigenvalue weighted by Gasteiger charge is -2.31. The Bertz CT molecular complexity index is 1150. The second kappa shape index (κ2) is 10.0.